The molecule has 0 radical (unpaired) electrons. The molecule has 13 rings (SSSR count). The van der Waals surface area contributed by atoms with Gasteiger partial charge in [0, 0.05) is 33.4 Å². The summed E-state index contributed by atoms with van der Waals surface area (Å²) in [7, 11) is 15.6. The molecule has 0 spiro atoms. The van der Waals surface area contributed by atoms with E-state index in [0.717, 1.165) is 157 Å². The fourth-order valence-corrected chi connectivity index (χ4v) is 14.8. The Morgan fingerprint density at radius 3 is 0.561 bits per heavy atom. The van der Waals surface area contributed by atoms with Crippen LogP contribution in [0.4, 0.5) is 0 Å². The molecule has 0 N–H and O–H groups in total. The van der Waals surface area contributed by atoms with Gasteiger partial charge < -0.3 is 42.6 Å². The van der Waals surface area contributed by atoms with Gasteiger partial charge in [-0.3, -0.25) is 0 Å². The van der Waals surface area contributed by atoms with Gasteiger partial charge in [0.1, 0.15) is 51.7 Å². The van der Waals surface area contributed by atoms with E-state index in [1.807, 2.05) is 72.8 Å². The maximum atomic E-state index is 6.56. The normalized spacial score (nSPS) is 19.5. The van der Waals surface area contributed by atoms with Crippen LogP contribution < -0.4 is 42.6 Å². The fraction of sp³-hybridized carbons (Fsp3) is 0.260. The number of rotatable bonds is 18. The maximum Gasteiger partial charge on any atom is 0.134 e. The number of hydrogen-bond donors (Lipinski definition) is 0. The molecule has 9 aromatic rings. The van der Waals surface area contributed by atoms with Crippen LogP contribution in [-0.4, -0.2) is 64.0 Å². The second kappa shape index (κ2) is 21.9. The minimum Gasteiger partial charge on any atom is -0.497 e. The Morgan fingerprint density at radius 2 is 0.415 bits per heavy atom. The summed E-state index contributed by atoms with van der Waals surface area (Å²) in [6, 6.07) is 65.1. The van der Waals surface area contributed by atoms with Crippen LogP contribution in [0.5, 0.6) is 51.7 Å². The van der Waals surface area contributed by atoms with Crippen molar-refractivity contribution < 1.29 is 42.6 Å². The van der Waals surface area contributed by atoms with Gasteiger partial charge in [0.05, 0.1) is 64.0 Å². The van der Waals surface area contributed by atoms with Gasteiger partial charge in [-0.25, -0.2) is 0 Å². The molecule has 4 bridgehead atoms. The Morgan fingerprint density at radius 1 is 0.244 bits per heavy atom. The molecule has 0 saturated heterocycles. The van der Waals surface area contributed by atoms with Gasteiger partial charge in [0.25, 0.3) is 0 Å². The molecular formula is C73H70O9. The summed E-state index contributed by atoms with van der Waals surface area (Å²) in [5.74, 6) is 7.59. The molecule has 0 aromatic heterocycles. The van der Waals surface area contributed by atoms with Crippen LogP contribution in [0.15, 0.2) is 182 Å². The van der Waals surface area contributed by atoms with Crippen LogP contribution in [0, 0.1) is 5.92 Å². The molecule has 9 heteroatoms. The van der Waals surface area contributed by atoms with Crippen molar-refractivity contribution in [2.75, 3.05) is 64.0 Å². The van der Waals surface area contributed by atoms with Gasteiger partial charge in [-0.15, -0.1) is 0 Å². The molecule has 4 aliphatic carbocycles. The zero-order valence-electron chi connectivity index (χ0n) is 48.3. The third kappa shape index (κ3) is 9.49. The summed E-state index contributed by atoms with van der Waals surface area (Å²) >= 11 is 0. The molecule has 4 saturated carbocycles. The molecule has 4 fully saturated rings. The average Bonchev–Trinajstić information content (AvgIpc) is 3.68. The van der Waals surface area contributed by atoms with E-state index < -0.39 is 0 Å². The van der Waals surface area contributed by atoms with Crippen LogP contribution in [0.2, 0.25) is 0 Å². The van der Waals surface area contributed by atoms with Crippen LogP contribution >= 0.6 is 0 Å². The first-order valence-electron chi connectivity index (χ1n) is 28.1. The molecule has 9 aromatic carbocycles. The van der Waals surface area contributed by atoms with Crippen LogP contribution in [0.1, 0.15) is 55.2 Å². The van der Waals surface area contributed by atoms with Crippen molar-refractivity contribution in [2.24, 2.45) is 5.92 Å². The van der Waals surface area contributed by atoms with Gasteiger partial charge in [-0.05, 0) is 220 Å². The minimum absolute atomic E-state index is 0.310. The van der Waals surface area contributed by atoms with Gasteiger partial charge in [-0.1, -0.05) is 72.8 Å². The highest BCUT2D eigenvalue weighted by Crippen LogP contribution is 2.72. The first-order chi connectivity index (χ1) is 40.0. The molecule has 0 amide bonds. The first-order valence-corrected chi connectivity index (χ1v) is 28.1. The van der Waals surface area contributed by atoms with E-state index in [4.69, 9.17) is 42.6 Å². The monoisotopic (exact) mass is 1090 g/mol. The van der Waals surface area contributed by atoms with E-state index in [9.17, 15) is 0 Å². The third-order valence-electron chi connectivity index (χ3n) is 18.2. The lowest BCUT2D eigenvalue weighted by atomic mass is 9.36. The minimum atomic E-state index is -0.310. The molecule has 0 unspecified atom stereocenters. The van der Waals surface area contributed by atoms with E-state index in [-0.39, 0.29) is 16.2 Å². The highest BCUT2D eigenvalue weighted by molar-refractivity contribution is 5.87. The lowest BCUT2D eigenvalue weighted by Gasteiger charge is -2.67. The van der Waals surface area contributed by atoms with Crippen molar-refractivity contribution in [3.8, 4) is 119 Å². The van der Waals surface area contributed by atoms with Gasteiger partial charge >= 0.3 is 0 Å². The first kappa shape index (κ1) is 53.8. The second-order valence-corrected chi connectivity index (χ2v) is 22.5. The van der Waals surface area contributed by atoms with Crippen LogP contribution in [0.25, 0.3) is 66.8 Å². The Labute approximate surface area is 482 Å². The zero-order valence-corrected chi connectivity index (χ0v) is 48.3. The summed E-state index contributed by atoms with van der Waals surface area (Å²) in [6.07, 6.45) is 5.89. The Kier molecular flexibility index (Phi) is 14.4. The molecule has 416 valence electrons. The fourth-order valence-electron chi connectivity index (χ4n) is 14.8. The van der Waals surface area contributed by atoms with Crippen molar-refractivity contribution >= 4 is 0 Å². The summed E-state index contributed by atoms with van der Waals surface area (Å²) < 4.78 is 53.9. The van der Waals surface area contributed by atoms with Crippen molar-refractivity contribution in [1.82, 2.24) is 0 Å². The number of methoxy groups -OCH3 is 9. The lowest BCUT2D eigenvalue weighted by Crippen LogP contribution is -2.62. The molecule has 0 heterocycles. The molecule has 82 heavy (non-hydrogen) atoms. The quantitative estimate of drug-likeness (QED) is 0.0834. The van der Waals surface area contributed by atoms with Gasteiger partial charge in [0.15, 0.2) is 0 Å². The summed E-state index contributed by atoms with van der Waals surface area (Å²) in [4.78, 5) is 0. The molecular weight excluding hydrogens is 1020 g/mol. The number of hydrogen-bond acceptors (Lipinski definition) is 9. The van der Waals surface area contributed by atoms with Gasteiger partial charge in [0.2, 0.25) is 0 Å². The standard InChI is InChI=1S/C73H70O9/c1-74-56-22-10-47(11-23-56)62-34-53(35-63(68(62)80-7)48-12-24-57(75-2)25-13-48)71-40-46-41-72(43-71,54-36-64(49-14-26-58(76-3)27-15-49)69(81-8)65(37-54)50-16-28-59(77-4)29-17-50)45-73(42-46,44-71)55-38-66(51-18-30-60(78-5)31-19-51)70(82-9)67(39-55)52-20-32-61(79-6)33-21-52/h10-39,46H,40-45H2,1-9H3. The Bertz CT molecular complexity index is 3150. The van der Waals surface area contributed by atoms with Gasteiger partial charge in [-0.2, -0.15) is 0 Å². The van der Waals surface area contributed by atoms with E-state index >= 15 is 0 Å². The Hall–Kier alpha value is -8.82. The maximum absolute atomic E-state index is 6.56. The van der Waals surface area contributed by atoms with Crippen LogP contribution in [0.3, 0.4) is 0 Å². The van der Waals surface area contributed by atoms with Crippen molar-refractivity contribution in [3.63, 3.8) is 0 Å². The van der Waals surface area contributed by atoms with Crippen LogP contribution in [-0.2, 0) is 16.2 Å². The second-order valence-electron chi connectivity index (χ2n) is 22.5. The highest BCUT2D eigenvalue weighted by atomic mass is 16.5. The van der Waals surface area contributed by atoms with Crippen molar-refractivity contribution in [2.45, 2.75) is 54.8 Å². The summed E-state index contributed by atoms with van der Waals surface area (Å²) in [5.41, 5.74) is 15.5. The largest absolute Gasteiger partial charge is 0.497 e. The van der Waals surface area contributed by atoms with E-state index in [1.165, 1.54) is 16.7 Å². The molecule has 0 atom stereocenters. The van der Waals surface area contributed by atoms with Crippen molar-refractivity contribution in [1.29, 1.82) is 0 Å². The smallest absolute Gasteiger partial charge is 0.134 e. The SMILES string of the molecule is COc1ccc(-c2cc(C34CC5CC(c6cc(-c7ccc(OC)cc7)c(OC)c(-c7ccc(OC)cc7)c6)(C3)CC(c3cc(-c6ccc(OC)cc6)c(OC)c(-c6ccc(OC)cc6)c3)(C5)C4)cc(-c3ccc(OC)cc3)c2OC)cc1. The highest BCUT2D eigenvalue weighted by Gasteiger charge is 2.65. The Balaban J connectivity index is 1.15. The van der Waals surface area contributed by atoms with Crippen molar-refractivity contribution in [3.05, 3.63) is 199 Å². The number of ether oxygens (including phenoxy) is 9. The molecule has 9 nitrogen and oxygen atoms in total. The average molecular weight is 1090 g/mol. The predicted molar refractivity (Wildman–Crippen MR) is 327 cm³/mol. The molecule has 0 aliphatic heterocycles. The van der Waals surface area contributed by atoms with E-state index in [1.54, 1.807) is 64.0 Å². The predicted octanol–water partition coefficient (Wildman–Crippen LogP) is 16.9. The summed E-state index contributed by atoms with van der Waals surface area (Å²) in [6.45, 7) is 0. The number of benzene rings is 9. The zero-order chi connectivity index (χ0) is 56.8. The molecule has 4 aliphatic rings. The van der Waals surface area contributed by atoms with E-state index in [2.05, 4.69) is 109 Å². The topological polar surface area (TPSA) is 83.1 Å². The summed E-state index contributed by atoms with van der Waals surface area (Å²) in [5, 5.41) is 0. The lowest BCUT2D eigenvalue weighted by molar-refractivity contribution is -0.0493. The third-order valence-corrected chi connectivity index (χ3v) is 18.2. The van der Waals surface area contributed by atoms with E-state index in [0.29, 0.717) is 5.92 Å².